The molecular formula is C7H6O2S. The predicted octanol–water partition coefficient (Wildman–Crippen LogP) is 1.72. The van der Waals surface area contributed by atoms with Crippen LogP contribution in [0.3, 0.4) is 0 Å². The Kier molecular flexibility index (Phi) is 2.34. The third-order valence-electron chi connectivity index (χ3n) is 1.14. The van der Waals surface area contributed by atoms with E-state index in [0.717, 1.165) is 6.29 Å². The fourth-order valence-electron chi connectivity index (χ4n) is 0.661. The second-order valence-corrected chi connectivity index (χ2v) is 1.93. The first-order chi connectivity index (χ1) is 4.88. The summed E-state index contributed by atoms with van der Waals surface area (Å²) in [6, 6.07) is 6.88. The highest BCUT2D eigenvalue weighted by Gasteiger charge is 1.97. The standard InChI is InChI=1S/C7H6O2S/c8-5-6-3-1-2-4-7(6)9-10/h1-5,10H. The molecule has 1 rings (SSSR count). The van der Waals surface area contributed by atoms with Crippen molar-refractivity contribution in [1.82, 2.24) is 0 Å². The van der Waals surface area contributed by atoms with Crippen molar-refractivity contribution in [2.24, 2.45) is 0 Å². The topological polar surface area (TPSA) is 26.3 Å². The molecule has 0 spiro atoms. The summed E-state index contributed by atoms with van der Waals surface area (Å²) in [5.74, 6) is 0.487. The number of carbonyl (C=O) groups is 1. The summed E-state index contributed by atoms with van der Waals surface area (Å²) in [6.45, 7) is 0. The first kappa shape index (κ1) is 7.15. The summed E-state index contributed by atoms with van der Waals surface area (Å²) in [6.07, 6.45) is 0.728. The number of thiol groups is 1. The van der Waals surface area contributed by atoms with Crippen molar-refractivity contribution in [3.05, 3.63) is 29.8 Å². The van der Waals surface area contributed by atoms with Crippen LogP contribution in [-0.2, 0) is 0 Å². The Morgan fingerprint density at radius 3 is 2.60 bits per heavy atom. The molecule has 0 heterocycles. The van der Waals surface area contributed by atoms with Crippen LogP contribution in [0.25, 0.3) is 0 Å². The summed E-state index contributed by atoms with van der Waals surface area (Å²) in [5, 5.41) is 0. The quantitative estimate of drug-likeness (QED) is 0.399. The van der Waals surface area contributed by atoms with Gasteiger partial charge in [0.2, 0.25) is 0 Å². The number of aldehydes is 1. The Labute approximate surface area is 64.4 Å². The van der Waals surface area contributed by atoms with Crippen LogP contribution in [0.4, 0.5) is 0 Å². The lowest BCUT2D eigenvalue weighted by atomic mass is 10.2. The molecule has 0 radical (unpaired) electrons. The molecule has 0 aliphatic heterocycles. The maximum absolute atomic E-state index is 10.3. The second kappa shape index (κ2) is 3.27. The van der Waals surface area contributed by atoms with Crippen LogP contribution in [0.15, 0.2) is 24.3 Å². The van der Waals surface area contributed by atoms with Gasteiger partial charge in [0, 0.05) is 12.9 Å². The SMILES string of the molecule is O=Cc1ccccc1OS. The van der Waals surface area contributed by atoms with Gasteiger partial charge in [-0.1, -0.05) is 12.1 Å². The van der Waals surface area contributed by atoms with Crippen LogP contribution in [0.2, 0.25) is 0 Å². The molecule has 0 unspecified atom stereocenters. The summed E-state index contributed by atoms with van der Waals surface area (Å²) in [7, 11) is 0. The van der Waals surface area contributed by atoms with E-state index in [1.54, 1.807) is 24.3 Å². The Morgan fingerprint density at radius 1 is 1.40 bits per heavy atom. The minimum absolute atomic E-state index is 0.487. The van der Waals surface area contributed by atoms with E-state index in [1.165, 1.54) is 0 Å². The monoisotopic (exact) mass is 154 g/mol. The van der Waals surface area contributed by atoms with E-state index in [9.17, 15) is 4.79 Å². The van der Waals surface area contributed by atoms with Crippen LogP contribution < -0.4 is 4.18 Å². The van der Waals surface area contributed by atoms with Crippen LogP contribution in [0.5, 0.6) is 5.75 Å². The zero-order chi connectivity index (χ0) is 7.40. The summed E-state index contributed by atoms with van der Waals surface area (Å²) in [4.78, 5) is 10.3. The minimum atomic E-state index is 0.487. The predicted molar refractivity (Wildman–Crippen MR) is 41.4 cm³/mol. The van der Waals surface area contributed by atoms with E-state index in [4.69, 9.17) is 0 Å². The van der Waals surface area contributed by atoms with E-state index in [1.807, 2.05) is 0 Å². The Hall–Kier alpha value is -0.960. The van der Waals surface area contributed by atoms with Gasteiger partial charge in [-0.25, -0.2) is 0 Å². The summed E-state index contributed by atoms with van der Waals surface area (Å²) >= 11 is 3.57. The molecule has 0 atom stereocenters. The largest absolute Gasteiger partial charge is 0.428 e. The molecule has 0 amide bonds. The fraction of sp³-hybridized carbons (Fsp3) is 0. The molecular weight excluding hydrogens is 148 g/mol. The van der Waals surface area contributed by atoms with Crippen LogP contribution in [0.1, 0.15) is 10.4 Å². The summed E-state index contributed by atoms with van der Waals surface area (Å²) < 4.78 is 4.60. The Morgan fingerprint density at radius 2 is 2.10 bits per heavy atom. The highest BCUT2D eigenvalue weighted by atomic mass is 32.1. The number of rotatable bonds is 2. The third kappa shape index (κ3) is 1.30. The van der Waals surface area contributed by atoms with Crippen LogP contribution >= 0.6 is 12.9 Å². The molecule has 0 N–H and O–H groups in total. The molecule has 52 valence electrons. The number of para-hydroxylation sites is 1. The molecule has 0 bridgehead atoms. The zero-order valence-electron chi connectivity index (χ0n) is 5.15. The number of hydrogen-bond donors (Lipinski definition) is 1. The normalized spacial score (nSPS) is 8.90. The van der Waals surface area contributed by atoms with Crippen molar-refractivity contribution in [3.8, 4) is 5.75 Å². The molecule has 0 saturated carbocycles. The molecule has 1 aromatic carbocycles. The van der Waals surface area contributed by atoms with Crippen LogP contribution in [0, 0.1) is 0 Å². The van der Waals surface area contributed by atoms with Crippen molar-refractivity contribution in [1.29, 1.82) is 0 Å². The lowest BCUT2D eigenvalue weighted by molar-refractivity contribution is 0.112. The van der Waals surface area contributed by atoms with E-state index in [0.29, 0.717) is 11.3 Å². The van der Waals surface area contributed by atoms with E-state index < -0.39 is 0 Å². The van der Waals surface area contributed by atoms with Gasteiger partial charge in [-0.15, -0.1) is 0 Å². The van der Waals surface area contributed by atoms with Crippen molar-refractivity contribution in [2.45, 2.75) is 0 Å². The molecule has 10 heavy (non-hydrogen) atoms. The Balaban J connectivity index is 3.08. The molecule has 3 heteroatoms. The van der Waals surface area contributed by atoms with Gasteiger partial charge in [-0.3, -0.25) is 4.79 Å². The summed E-state index contributed by atoms with van der Waals surface area (Å²) in [5.41, 5.74) is 0.512. The average molecular weight is 154 g/mol. The van der Waals surface area contributed by atoms with Crippen molar-refractivity contribution < 1.29 is 8.98 Å². The van der Waals surface area contributed by atoms with Crippen molar-refractivity contribution in [3.63, 3.8) is 0 Å². The fourth-order valence-corrected chi connectivity index (χ4v) is 0.827. The Bertz CT molecular complexity index is 235. The van der Waals surface area contributed by atoms with Gasteiger partial charge in [-0.05, 0) is 12.1 Å². The minimum Gasteiger partial charge on any atom is -0.428 e. The lowest BCUT2D eigenvalue weighted by Crippen LogP contribution is -1.83. The first-order valence-electron chi connectivity index (χ1n) is 2.74. The van der Waals surface area contributed by atoms with Gasteiger partial charge in [-0.2, -0.15) is 0 Å². The second-order valence-electron chi connectivity index (χ2n) is 1.75. The highest BCUT2D eigenvalue weighted by Crippen LogP contribution is 2.15. The van der Waals surface area contributed by atoms with Gasteiger partial charge >= 0.3 is 0 Å². The van der Waals surface area contributed by atoms with Crippen LogP contribution in [-0.4, -0.2) is 6.29 Å². The maximum atomic E-state index is 10.3. The van der Waals surface area contributed by atoms with E-state index in [2.05, 4.69) is 17.1 Å². The number of carbonyl (C=O) groups excluding carboxylic acids is 1. The van der Waals surface area contributed by atoms with Gasteiger partial charge in [0.25, 0.3) is 0 Å². The number of benzene rings is 1. The molecule has 0 aliphatic rings. The maximum Gasteiger partial charge on any atom is 0.153 e. The van der Waals surface area contributed by atoms with Gasteiger partial charge < -0.3 is 4.18 Å². The van der Waals surface area contributed by atoms with Gasteiger partial charge in [0.1, 0.15) is 5.75 Å². The molecule has 0 fully saturated rings. The zero-order valence-corrected chi connectivity index (χ0v) is 6.04. The number of hydrogen-bond acceptors (Lipinski definition) is 3. The molecule has 2 nitrogen and oxygen atoms in total. The van der Waals surface area contributed by atoms with Gasteiger partial charge in [0.15, 0.2) is 6.29 Å². The van der Waals surface area contributed by atoms with Crippen molar-refractivity contribution in [2.75, 3.05) is 0 Å². The lowest BCUT2D eigenvalue weighted by Gasteiger charge is -1.97. The first-order valence-corrected chi connectivity index (χ1v) is 3.10. The smallest absolute Gasteiger partial charge is 0.153 e. The van der Waals surface area contributed by atoms with Gasteiger partial charge in [0.05, 0.1) is 5.56 Å². The average Bonchev–Trinajstić information content (AvgIpc) is 2.04. The highest BCUT2D eigenvalue weighted by molar-refractivity contribution is 7.75. The molecule has 0 saturated heterocycles. The molecule has 1 aromatic rings. The van der Waals surface area contributed by atoms with E-state index >= 15 is 0 Å². The molecule has 0 aliphatic carbocycles. The molecule has 0 aromatic heterocycles. The van der Waals surface area contributed by atoms with Crippen molar-refractivity contribution >= 4 is 19.2 Å². The van der Waals surface area contributed by atoms with E-state index in [-0.39, 0.29) is 0 Å². The third-order valence-corrected chi connectivity index (χ3v) is 1.34.